The number of nitrogens with one attached hydrogen (secondary N) is 1. The molecule has 1 fully saturated rings. The zero-order valence-electron chi connectivity index (χ0n) is 11.2. The molecule has 0 aromatic heterocycles. The summed E-state index contributed by atoms with van der Waals surface area (Å²) < 4.78 is 0. The zero-order valence-corrected chi connectivity index (χ0v) is 11.2. The third-order valence-corrected chi connectivity index (χ3v) is 3.36. The summed E-state index contributed by atoms with van der Waals surface area (Å²) in [6.07, 6.45) is 1.57. The number of carbonyl (C=O) groups excluding carboxylic acids is 1. The van der Waals surface area contributed by atoms with Gasteiger partial charge < -0.3 is 21.1 Å². The number of nitrogens with two attached hydrogens (primary N) is 1. The molecule has 1 heterocycles. The van der Waals surface area contributed by atoms with Crippen LogP contribution >= 0.6 is 0 Å². The molecule has 2 amide bonds. The maximum Gasteiger partial charge on any atom is 0.321 e. The SMILES string of the molecule is NC1CCN(C(=O)Nc2cccc(CC(=O)O)c2)CC1. The van der Waals surface area contributed by atoms with Gasteiger partial charge in [0.1, 0.15) is 0 Å². The van der Waals surface area contributed by atoms with Crippen molar-refractivity contribution in [3.8, 4) is 0 Å². The van der Waals surface area contributed by atoms with Gasteiger partial charge in [-0.2, -0.15) is 0 Å². The van der Waals surface area contributed by atoms with Crippen molar-refractivity contribution in [2.75, 3.05) is 18.4 Å². The number of hydrogen-bond donors (Lipinski definition) is 3. The molecule has 0 aliphatic carbocycles. The molecule has 1 aliphatic heterocycles. The van der Waals surface area contributed by atoms with E-state index in [0.29, 0.717) is 24.3 Å². The second-order valence-corrected chi connectivity index (χ2v) is 5.03. The number of amides is 2. The van der Waals surface area contributed by atoms with Crippen LogP contribution in [-0.2, 0) is 11.2 Å². The molecule has 2 rings (SSSR count). The van der Waals surface area contributed by atoms with Crippen molar-refractivity contribution in [2.24, 2.45) is 5.73 Å². The summed E-state index contributed by atoms with van der Waals surface area (Å²) in [5, 5.41) is 11.6. The van der Waals surface area contributed by atoms with Gasteiger partial charge in [-0.05, 0) is 30.5 Å². The van der Waals surface area contributed by atoms with Crippen LogP contribution in [-0.4, -0.2) is 41.1 Å². The lowest BCUT2D eigenvalue weighted by Gasteiger charge is -2.30. The van der Waals surface area contributed by atoms with Crippen LogP contribution in [0.25, 0.3) is 0 Å². The first kappa shape index (κ1) is 14.3. The van der Waals surface area contributed by atoms with Crippen molar-refractivity contribution < 1.29 is 14.7 Å². The molecule has 0 spiro atoms. The van der Waals surface area contributed by atoms with Gasteiger partial charge >= 0.3 is 12.0 Å². The van der Waals surface area contributed by atoms with Crippen molar-refractivity contribution in [1.82, 2.24) is 4.90 Å². The highest BCUT2D eigenvalue weighted by atomic mass is 16.4. The van der Waals surface area contributed by atoms with Gasteiger partial charge in [-0.1, -0.05) is 12.1 Å². The van der Waals surface area contributed by atoms with Gasteiger partial charge in [0, 0.05) is 24.8 Å². The number of benzene rings is 1. The van der Waals surface area contributed by atoms with E-state index in [4.69, 9.17) is 10.8 Å². The number of likely N-dealkylation sites (tertiary alicyclic amines) is 1. The summed E-state index contributed by atoms with van der Waals surface area (Å²) in [6, 6.07) is 6.91. The Kier molecular flexibility index (Phi) is 4.57. The summed E-state index contributed by atoms with van der Waals surface area (Å²) in [5.41, 5.74) is 7.08. The Hall–Kier alpha value is -2.08. The average Bonchev–Trinajstić information content (AvgIpc) is 2.39. The van der Waals surface area contributed by atoms with Gasteiger partial charge in [-0.3, -0.25) is 4.79 Å². The molecule has 1 aliphatic rings. The normalized spacial score (nSPS) is 15.9. The molecule has 4 N–H and O–H groups in total. The van der Waals surface area contributed by atoms with Crippen LogP contribution < -0.4 is 11.1 Å². The monoisotopic (exact) mass is 277 g/mol. The fourth-order valence-corrected chi connectivity index (χ4v) is 2.24. The van der Waals surface area contributed by atoms with Crippen molar-refractivity contribution >= 4 is 17.7 Å². The predicted octanol–water partition coefficient (Wildman–Crippen LogP) is 1.27. The molecule has 0 unspecified atom stereocenters. The van der Waals surface area contributed by atoms with E-state index in [1.165, 1.54) is 0 Å². The molecule has 6 heteroatoms. The van der Waals surface area contributed by atoms with Crippen LogP contribution in [0.5, 0.6) is 0 Å². The zero-order chi connectivity index (χ0) is 14.5. The lowest BCUT2D eigenvalue weighted by atomic mass is 10.1. The molecular weight excluding hydrogens is 258 g/mol. The van der Waals surface area contributed by atoms with Crippen LogP contribution in [0.15, 0.2) is 24.3 Å². The fraction of sp³-hybridized carbons (Fsp3) is 0.429. The quantitative estimate of drug-likeness (QED) is 0.775. The number of nitrogens with zero attached hydrogens (tertiary/aromatic N) is 1. The first-order chi connectivity index (χ1) is 9.54. The molecule has 1 aromatic rings. The summed E-state index contributed by atoms with van der Waals surface area (Å²) in [7, 11) is 0. The number of aliphatic carboxylic acids is 1. The largest absolute Gasteiger partial charge is 0.481 e. The van der Waals surface area contributed by atoms with Crippen molar-refractivity contribution in [3.63, 3.8) is 0 Å². The van der Waals surface area contributed by atoms with Gasteiger partial charge in [0.15, 0.2) is 0 Å². The maximum atomic E-state index is 12.1. The molecule has 1 aromatic carbocycles. The van der Waals surface area contributed by atoms with Gasteiger partial charge in [-0.25, -0.2) is 4.79 Å². The Morgan fingerprint density at radius 2 is 2.05 bits per heavy atom. The van der Waals surface area contributed by atoms with E-state index in [2.05, 4.69) is 5.32 Å². The molecule has 20 heavy (non-hydrogen) atoms. The Balaban J connectivity index is 1.95. The lowest BCUT2D eigenvalue weighted by molar-refractivity contribution is -0.136. The molecule has 1 saturated heterocycles. The van der Waals surface area contributed by atoms with E-state index < -0.39 is 5.97 Å². The van der Waals surface area contributed by atoms with Crippen molar-refractivity contribution in [3.05, 3.63) is 29.8 Å². The van der Waals surface area contributed by atoms with E-state index >= 15 is 0 Å². The Morgan fingerprint density at radius 1 is 1.35 bits per heavy atom. The topological polar surface area (TPSA) is 95.7 Å². The molecule has 108 valence electrons. The van der Waals surface area contributed by atoms with Crippen LogP contribution in [0.2, 0.25) is 0 Å². The molecule has 0 bridgehead atoms. The first-order valence-electron chi connectivity index (χ1n) is 6.67. The summed E-state index contributed by atoms with van der Waals surface area (Å²) >= 11 is 0. The number of hydrogen-bond acceptors (Lipinski definition) is 3. The highest BCUT2D eigenvalue weighted by Gasteiger charge is 2.20. The minimum atomic E-state index is -0.890. The average molecular weight is 277 g/mol. The van der Waals surface area contributed by atoms with E-state index in [-0.39, 0.29) is 18.5 Å². The number of carboxylic acid groups (broad SMARTS) is 1. The van der Waals surface area contributed by atoms with E-state index in [1.54, 1.807) is 29.2 Å². The standard InChI is InChI=1S/C14H19N3O3/c15-11-4-6-17(7-5-11)14(20)16-12-3-1-2-10(8-12)9-13(18)19/h1-3,8,11H,4-7,9,15H2,(H,16,20)(H,18,19). The number of carbonyl (C=O) groups is 2. The minimum Gasteiger partial charge on any atom is -0.481 e. The number of rotatable bonds is 3. The third-order valence-electron chi connectivity index (χ3n) is 3.36. The van der Waals surface area contributed by atoms with E-state index in [0.717, 1.165) is 12.8 Å². The fourth-order valence-electron chi connectivity index (χ4n) is 2.24. The third kappa shape index (κ3) is 3.96. The highest BCUT2D eigenvalue weighted by molar-refractivity contribution is 5.89. The van der Waals surface area contributed by atoms with Crippen molar-refractivity contribution in [1.29, 1.82) is 0 Å². The molecular formula is C14H19N3O3. The Labute approximate surface area is 117 Å². The number of anilines is 1. The lowest BCUT2D eigenvalue weighted by Crippen LogP contribution is -2.44. The van der Waals surface area contributed by atoms with Gasteiger partial charge in [-0.15, -0.1) is 0 Å². The second-order valence-electron chi connectivity index (χ2n) is 5.03. The summed E-state index contributed by atoms with van der Waals surface area (Å²) in [6.45, 7) is 1.31. The number of urea groups is 1. The molecule has 0 atom stereocenters. The smallest absolute Gasteiger partial charge is 0.321 e. The Morgan fingerprint density at radius 3 is 2.70 bits per heavy atom. The van der Waals surface area contributed by atoms with Crippen LogP contribution in [0, 0.1) is 0 Å². The van der Waals surface area contributed by atoms with Crippen LogP contribution in [0.1, 0.15) is 18.4 Å². The van der Waals surface area contributed by atoms with Crippen LogP contribution in [0.3, 0.4) is 0 Å². The predicted molar refractivity (Wildman–Crippen MR) is 75.6 cm³/mol. The summed E-state index contributed by atoms with van der Waals surface area (Å²) in [4.78, 5) is 24.5. The Bertz CT molecular complexity index is 496. The first-order valence-corrected chi connectivity index (χ1v) is 6.67. The highest BCUT2D eigenvalue weighted by Crippen LogP contribution is 2.14. The van der Waals surface area contributed by atoms with Gasteiger partial charge in [0.25, 0.3) is 0 Å². The minimum absolute atomic E-state index is 0.0533. The van der Waals surface area contributed by atoms with Gasteiger partial charge in [0.05, 0.1) is 6.42 Å². The summed E-state index contributed by atoms with van der Waals surface area (Å²) in [5.74, 6) is -0.890. The van der Waals surface area contributed by atoms with E-state index in [1.807, 2.05) is 0 Å². The second kappa shape index (κ2) is 6.38. The van der Waals surface area contributed by atoms with E-state index in [9.17, 15) is 9.59 Å². The maximum absolute atomic E-state index is 12.1. The number of piperidine rings is 1. The number of carboxylic acids is 1. The molecule has 0 radical (unpaired) electrons. The molecule has 6 nitrogen and oxygen atoms in total. The van der Waals surface area contributed by atoms with Crippen LogP contribution in [0.4, 0.5) is 10.5 Å². The molecule has 0 saturated carbocycles. The van der Waals surface area contributed by atoms with Crippen molar-refractivity contribution in [2.45, 2.75) is 25.3 Å². The van der Waals surface area contributed by atoms with Gasteiger partial charge in [0.2, 0.25) is 0 Å².